The predicted molar refractivity (Wildman–Crippen MR) is 53.1 cm³/mol. The Hall–Kier alpha value is -1.64. The maximum absolute atomic E-state index is 10.4. The topological polar surface area (TPSA) is 43.1 Å². The molecule has 1 aromatic heterocycles. The number of oxazole rings is 1. The van der Waals surface area contributed by atoms with Gasteiger partial charge in [0.15, 0.2) is 12.0 Å². The number of aldehydes is 1. The molecule has 3 nitrogen and oxygen atoms in total. The van der Waals surface area contributed by atoms with Crippen LogP contribution >= 0.6 is 0 Å². The fraction of sp³-hybridized carbons (Fsp3) is 0.273. The van der Waals surface area contributed by atoms with E-state index in [9.17, 15) is 4.79 Å². The Balaban J connectivity index is 2.38. The lowest BCUT2D eigenvalue weighted by Crippen LogP contribution is -1.93. The number of fused-ring (bicyclic) bond motifs is 1. The van der Waals surface area contributed by atoms with Crippen LogP contribution in [-0.4, -0.2) is 11.3 Å². The molecule has 0 fully saturated rings. The molecule has 0 saturated heterocycles. The molecule has 2 rings (SSSR count). The normalized spacial score (nSPS) is 12.9. The van der Waals surface area contributed by atoms with Gasteiger partial charge < -0.3 is 9.21 Å². The van der Waals surface area contributed by atoms with Crippen molar-refractivity contribution in [2.45, 2.75) is 19.3 Å². The van der Waals surface area contributed by atoms with Gasteiger partial charge in [0.25, 0.3) is 0 Å². The van der Waals surface area contributed by atoms with Crippen molar-refractivity contribution in [2.24, 2.45) is 0 Å². The maximum Gasteiger partial charge on any atom is 0.181 e. The first kappa shape index (κ1) is 8.94. The lowest BCUT2D eigenvalue weighted by molar-refractivity contribution is -0.108. The SMILES string of the molecule is CC(CC=O)c1ccc2ncoc2c1. The van der Waals surface area contributed by atoms with Crippen LogP contribution in [0.15, 0.2) is 29.0 Å². The van der Waals surface area contributed by atoms with Crippen LogP contribution in [0.5, 0.6) is 0 Å². The van der Waals surface area contributed by atoms with E-state index in [2.05, 4.69) is 4.98 Å². The third-order valence-electron chi connectivity index (χ3n) is 2.37. The first-order valence-corrected chi connectivity index (χ1v) is 4.58. The molecule has 1 atom stereocenters. The molecule has 14 heavy (non-hydrogen) atoms. The van der Waals surface area contributed by atoms with E-state index in [1.807, 2.05) is 25.1 Å². The van der Waals surface area contributed by atoms with Gasteiger partial charge in [-0.1, -0.05) is 13.0 Å². The molecule has 0 saturated carbocycles. The average Bonchev–Trinajstić information content (AvgIpc) is 2.64. The highest BCUT2D eigenvalue weighted by molar-refractivity contribution is 5.73. The highest BCUT2D eigenvalue weighted by Crippen LogP contribution is 2.22. The van der Waals surface area contributed by atoms with Crippen molar-refractivity contribution in [1.29, 1.82) is 0 Å². The maximum atomic E-state index is 10.4. The molecule has 0 amide bonds. The smallest absolute Gasteiger partial charge is 0.181 e. The minimum Gasteiger partial charge on any atom is -0.443 e. The summed E-state index contributed by atoms with van der Waals surface area (Å²) in [6.45, 7) is 2.02. The second-order valence-electron chi connectivity index (χ2n) is 3.38. The Morgan fingerprint density at radius 1 is 1.57 bits per heavy atom. The van der Waals surface area contributed by atoms with E-state index in [0.29, 0.717) is 6.42 Å². The summed E-state index contributed by atoms with van der Waals surface area (Å²) in [5, 5.41) is 0. The molecule has 0 bridgehead atoms. The zero-order valence-corrected chi connectivity index (χ0v) is 7.93. The molecule has 1 heterocycles. The summed E-state index contributed by atoms with van der Waals surface area (Å²) in [5.74, 6) is 0.238. The molecule has 0 aliphatic rings. The highest BCUT2D eigenvalue weighted by atomic mass is 16.3. The number of carbonyl (C=O) groups is 1. The van der Waals surface area contributed by atoms with Crippen LogP contribution < -0.4 is 0 Å². The van der Waals surface area contributed by atoms with Crippen LogP contribution in [0, 0.1) is 0 Å². The second kappa shape index (κ2) is 3.62. The second-order valence-corrected chi connectivity index (χ2v) is 3.38. The lowest BCUT2D eigenvalue weighted by atomic mass is 9.98. The molecule has 3 heteroatoms. The molecule has 2 aromatic rings. The molecule has 0 aliphatic heterocycles. The Morgan fingerprint density at radius 2 is 2.43 bits per heavy atom. The van der Waals surface area contributed by atoms with Crippen molar-refractivity contribution in [3.63, 3.8) is 0 Å². The van der Waals surface area contributed by atoms with Gasteiger partial charge in [0.1, 0.15) is 11.8 Å². The Morgan fingerprint density at radius 3 is 3.21 bits per heavy atom. The van der Waals surface area contributed by atoms with Crippen LogP contribution in [0.2, 0.25) is 0 Å². The van der Waals surface area contributed by atoms with E-state index in [-0.39, 0.29) is 5.92 Å². The largest absolute Gasteiger partial charge is 0.443 e. The van der Waals surface area contributed by atoms with E-state index in [0.717, 1.165) is 22.9 Å². The van der Waals surface area contributed by atoms with Crippen LogP contribution in [0.1, 0.15) is 24.8 Å². The molecule has 0 radical (unpaired) electrons. The zero-order chi connectivity index (χ0) is 9.97. The summed E-state index contributed by atoms with van der Waals surface area (Å²) in [5.41, 5.74) is 2.74. The number of rotatable bonds is 3. The summed E-state index contributed by atoms with van der Waals surface area (Å²) >= 11 is 0. The monoisotopic (exact) mass is 189 g/mol. The highest BCUT2D eigenvalue weighted by Gasteiger charge is 2.06. The van der Waals surface area contributed by atoms with Crippen molar-refractivity contribution >= 4 is 17.4 Å². The molecule has 0 aliphatic carbocycles. The van der Waals surface area contributed by atoms with Gasteiger partial charge in [-0.3, -0.25) is 0 Å². The van der Waals surface area contributed by atoms with E-state index in [1.54, 1.807) is 0 Å². The summed E-state index contributed by atoms with van der Waals surface area (Å²) in [7, 11) is 0. The molecule has 72 valence electrons. The van der Waals surface area contributed by atoms with Gasteiger partial charge >= 0.3 is 0 Å². The molecular weight excluding hydrogens is 178 g/mol. The van der Waals surface area contributed by atoms with Crippen molar-refractivity contribution in [3.05, 3.63) is 30.2 Å². The van der Waals surface area contributed by atoms with Crippen LogP contribution in [0.25, 0.3) is 11.1 Å². The average molecular weight is 189 g/mol. The molecular formula is C11H11NO2. The predicted octanol–water partition coefficient (Wildman–Crippen LogP) is 2.52. The standard InChI is InChI=1S/C11H11NO2/c1-8(4-5-13)9-2-3-10-11(6-9)14-7-12-10/h2-3,5-8H,4H2,1H3. The Bertz CT molecular complexity index is 447. The first-order valence-electron chi connectivity index (χ1n) is 4.58. The van der Waals surface area contributed by atoms with Crippen molar-refractivity contribution in [2.75, 3.05) is 0 Å². The van der Waals surface area contributed by atoms with Gasteiger partial charge in [-0.05, 0) is 23.6 Å². The number of nitrogens with zero attached hydrogens (tertiary/aromatic N) is 1. The van der Waals surface area contributed by atoms with Crippen molar-refractivity contribution < 1.29 is 9.21 Å². The van der Waals surface area contributed by atoms with Gasteiger partial charge in [0.05, 0.1) is 0 Å². The van der Waals surface area contributed by atoms with Crippen LogP contribution in [-0.2, 0) is 4.79 Å². The van der Waals surface area contributed by atoms with Crippen LogP contribution in [0.3, 0.4) is 0 Å². The number of aromatic nitrogens is 1. The van der Waals surface area contributed by atoms with Gasteiger partial charge in [-0.2, -0.15) is 0 Å². The summed E-state index contributed by atoms with van der Waals surface area (Å²) < 4.78 is 5.19. The molecule has 0 N–H and O–H groups in total. The Kier molecular flexibility index (Phi) is 2.31. The van der Waals surface area contributed by atoms with E-state index in [4.69, 9.17) is 4.42 Å². The molecule has 1 unspecified atom stereocenters. The lowest BCUT2D eigenvalue weighted by Gasteiger charge is -2.06. The molecule has 0 spiro atoms. The first-order chi connectivity index (χ1) is 6.81. The Labute approximate surface area is 81.7 Å². The summed E-state index contributed by atoms with van der Waals surface area (Å²) in [4.78, 5) is 14.4. The number of benzene rings is 1. The van der Waals surface area contributed by atoms with Gasteiger partial charge in [0, 0.05) is 6.42 Å². The zero-order valence-electron chi connectivity index (χ0n) is 7.93. The fourth-order valence-corrected chi connectivity index (χ4v) is 1.46. The minimum atomic E-state index is 0.238. The summed E-state index contributed by atoms with van der Waals surface area (Å²) in [6, 6.07) is 5.84. The quantitative estimate of drug-likeness (QED) is 0.697. The summed E-state index contributed by atoms with van der Waals surface area (Å²) in [6.07, 6.45) is 2.91. The van der Waals surface area contributed by atoms with Gasteiger partial charge in [-0.15, -0.1) is 0 Å². The van der Waals surface area contributed by atoms with Crippen LogP contribution in [0.4, 0.5) is 0 Å². The third kappa shape index (κ3) is 1.53. The number of hydrogen-bond acceptors (Lipinski definition) is 3. The number of carbonyl (C=O) groups excluding carboxylic acids is 1. The van der Waals surface area contributed by atoms with Crippen molar-refractivity contribution in [1.82, 2.24) is 4.98 Å². The fourth-order valence-electron chi connectivity index (χ4n) is 1.46. The van der Waals surface area contributed by atoms with Crippen molar-refractivity contribution in [3.8, 4) is 0 Å². The minimum absolute atomic E-state index is 0.238. The van der Waals surface area contributed by atoms with Gasteiger partial charge in [0.2, 0.25) is 0 Å². The molecule has 1 aromatic carbocycles. The van der Waals surface area contributed by atoms with E-state index >= 15 is 0 Å². The van der Waals surface area contributed by atoms with Gasteiger partial charge in [-0.25, -0.2) is 4.98 Å². The third-order valence-corrected chi connectivity index (χ3v) is 2.37. The number of hydrogen-bond donors (Lipinski definition) is 0. The van der Waals surface area contributed by atoms with E-state index < -0.39 is 0 Å². The van der Waals surface area contributed by atoms with E-state index in [1.165, 1.54) is 6.39 Å².